The second-order valence-corrected chi connectivity index (χ2v) is 7.62. The summed E-state index contributed by atoms with van der Waals surface area (Å²) in [5.41, 5.74) is -1.33. The lowest BCUT2D eigenvalue weighted by molar-refractivity contribution is -0.137. The van der Waals surface area contributed by atoms with Crippen molar-refractivity contribution in [1.29, 1.82) is 0 Å². The Balaban J connectivity index is 2.64. The van der Waals surface area contributed by atoms with Crippen LogP contribution in [0.15, 0.2) is 59.5 Å². The van der Waals surface area contributed by atoms with E-state index >= 15 is 0 Å². The highest BCUT2D eigenvalue weighted by Crippen LogP contribution is 2.38. The summed E-state index contributed by atoms with van der Waals surface area (Å²) in [6, 6.07) is 12.2. The van der Waals surface area contributed by atoms with E-state index in [-0.39, 0.29) is 23.0 Å². The molecule has 130 valence electrons. The zero-order chi connectivity index (χ0) is 18.0. The molecule has 0 aliphatic carbocycles. The zero-order valence-corrected chi connectivity index (χ0v) is 14.1. The Morgan fingerprint density at radius 2 is 1.50 bits per heavy atom. The molecule has 24 heavy (non-hydrogen) atoms. The van der Waals surface area contributed by atoms with Gasteiger partial charge in [0.05, 0.1) is 16.1 Å². The number of hydrogen-bond donors (Lipinski definition) is 0. The van der Waals surface area contributed by atoms with Gasteiger partial charge in [-0.3, -0.25) is 4.31 Å². The van der Waals surface area contributed by atoms with Gasteiger partial charge >= 0.3 is 6.18 Å². The molecule has 0 amide bonds. The van der Waals surface area contributed by atoms with Crippen molar-refractivity contribution in [3.63, 3.8) is 0 Å². The van der Waals surface area contributed by atoms with E-state index in [4.69, 9.17) is 0 Å². The minimum atomic E-state index is -4.64. The third-order valence-electron chi connectivity index (χ3n) is 3.34. The Morgan fingerprint density at radius 1 is 0.958 bits per heavy atom. The first kappa shape index (κ1) is 18.3. The van der Waals surface area contributed by atoms with Crippen LogP contribution in [0.25, 0.3) is 0 Å². The molecule has 7 heteroatoms. The van der Waals surface area contributed by atoms with E-state index in [1.54, 1.807) is 19.9 Å². The fraction of sp³-hybridized carbons (Fsp3) is 0.294. The lowest BCUT2D eigenvalue weighted by Crippen LogP contribution is -2.35. The largest absolute Gasteiger partial charge is 0.418 e. The maximum Gasteiger partial charge on any atom is 0.418 e. The minimum absolute atomic E-state index is 0.0392. The van der Waals surface area contributed by atoms with Crippen LogP contribution in [0.5, 0.6) is 0 Å². The number of anilines is 1. The molecule has 0 aliphatic heterocycles. The van der Waals surface area contributed by atoms with E-state index in [2.05, 4.69) is 0 Å². The van der Waals surface area contributed by atoms with Gasteiger partial charge in [-0.25, -0.2) is 8.42 Å². The molecular weight excluding hydrogens is 339 g/mol. The Labute approximate surface area is 139 Å². The van der Waals surface area contributed by atoms with Gasteiger partial charge in [0.25, 0.3) is 10.0 Å². The molecule has 0 heterocycles. The molecule has 0 atom stereocenters. The molecule has 0 unspecified atom stereocenters. The van der Waals surface area contributed by atoms with Crippen molar-refractivity contribution in [2.45, 2.75) is 24.9 Å². The first-order valence-corrected chi connectivity index (χ1v) is 8.82. The zero-order valence-electron chi connectivity index (χ0n) is 13.3. The molecule has 2 aromatic carbocycles. The Bertz CT molecular complexity index is 787. The van der Waals surface area contributed by atoms with Crippen LogP contribution in [0.2, 0.25) is 0 Å². The first-order chi connectivity index (χ1) is 11.1. The Morgan fingerprint density at radius 3 is 2.04 bits per heavy atom. The number of para-hydroxylation sites is 1. The number of hydrogen-bond acceptors (Lipinski definition) is 2. The summed E-state index contributed by atoms with van der Waals surface area (Å²) < 4.78 is 66.6. The van der Waals surface area contributed by atoms with Gasteiger partial charge in [-0.15, -0.1) is 0 Å². The van der Waals surface area contributed by atoms with Gasteiger partial charge in [-0.2, -0.15) is 13.2 Å². The molecule has 0 bridgehead atoms. The standard InChI is InChI=1S/C17H18F3NO2S/c1-13(2)12-21(24(22,23)14-8-4-3-5-9-14)16-11-7-6-10-15(16)17(18,19)20/h3-11,13H,12H2,1-2H3. The van der Waals surface area contributed by atoms with Gasteiger partial charge in [0.2, 0.25) is 0 Å². The van der Waals surface area contributed by atoms with Crippen molar-refractivity contribution in [1.82, 2.24) is 0 Å². The average Bonchev–Trinajstić information content (AvgIpc) is 2.52. The normalized spacial score (nSPS) is 12.4. The van der Waals surface area contributed by atoms with Gasteiger partial charge < -0.3 is 0 Å². The number of alkyl halides is 3. The SMILES string of the molecule is CC(C)CN(c1ccccc1C(F)(F)F)S(=O)(=O)c1ccccc1. The highest BCUT2D eigenvalue weighted by molar-refractivity contribution is 7.92. The van der Waals surface area contributed by atoms with Gasteiger partial charge in [-0.05, 0) is 30.2 Å². The quantitative estimate of drug-likeness (QED) is 0.787. The summed E-state index contributed by atoms with van der Waals surface area (Å²) in [6.07, 6.45) is -4.64. The van der Waals surface area contributed by atoms with E-state index in [0.717, 1.165) is 10.4 Å². The highest BCUT2D eigenvalue weighted by atomic mass is 32.2. The van der Waals surface area contributed by atoms with Crippen LogP contribution in [-0.4, -0.2) is 15.0 Å². The predicted molar refractivity (Wildman–Crippen MR) is 87.3 cm³/mol. The number of nitrogens with zero attached hydrogens (tertiary/aromatic N) is 1. The fourth-order valence-corrected chi connectivity index (χ4v) is 3.98. The molecule has 0 aliphatic rings. The van der Waals surface area contributed by atoms with E-state index in [9.17, 15) is 21.6 Å². The van der Waals surface area contributed by atoms with Gasteiger partial charge in [-0.1, -0.05) is 44.2 Å². The lowest BCUT2D eigenvalue weighted by atomic mass is 10.1. The highest BCUT2D eigenvalue weighted by Gasteiger charge is 2.37. The minimum Gasteiger partial charge on any atom is -0.265 e. The van der Waals surface area contributed by atoms with Crippen LogP contribution in [0.1, 0.15) is 19.4 Å². The molecule has 2 rings (SSSR count). The maximum atomic E-state index is 13.3. The van der Waals surface area contributed by atoms with Crippen molar-refractivity contribution < 1.29 is 21.6 Å². The molecule has 0 radical (unpaired) electrons. The predicted octanol–water partition coefficient (Wildman–Crippen LogP) is 4.56. The van der Waals surface area contributed by atoms with E-state index in [1.165, 1.54) is 42.5 Å². The summed E-state index contributed by atoms with van der Waals surface area (Å²) in [7, 11) is -4.10. The molecule has 3 nitrogen and oxygen atoms in total. The van der Waals surface area contributed by atoms with Gasteiger partial charge in [0.1, 0.15) is 0 Å². The van der Waals surface area contributed by atoms with E-state index in [1.807, 2.05) is 0 Å². The third-order valence-corrected chi connectivity index (χ3v) is 5.13. The van der Waals surface area contributed by atoms with E-state index in [0.29, 0.717) is 0 Å². The topological polar surface area (TPSA) is 37.4 Å². The van der Waals surface area contributed by atoms with E-state index < -0.39 is 21.8 Å². The van der Waals surface area contributed by atoms with Crippen LogP contribution in [0.3, 0.4) is 0 Å². The summed E-state index contributed by atoms with van der Waals surface area (Å²) >= 11 is 0. The number of rotatable bonds is 5. The van der Waals surface area contributed by atoms with Crippen LogP contribution in [0, 0.1) is 5.92 Å². The number of benzene rings is 2. The summed E-state index contributed by atoms with van der Waals surface area (Å²) in [5.74, 6) is -0.148. The average molecular weight is 357 g/mol. The molecule has 0 saturated carbocycles. The van der Waals surface area contributed by atoms with Gasteiger partial charge in [0, 0.05) is 6.54 Å². The molecule has 0 spiro atoms. The van der Waals surface area contributed by atoms with Crippen LogP contribution >= 0.6 is 0 Å². The summed E-state index contributed by atoms with van der Waals surface area (Å²) in [5, 5.41) is 0. The first-order valence-electron chi connectivity index (χ1n) is 7.38. The van der Waals surface area contributed by atoms with Gasteiger partial charge in [0.15, 0.2) is 0 Å². The third kappa shape index (κ3) is 3.90. The molecule has 0 fully saturated rings. The smallest absolute Gasteiger partial charge is 0.265 e. The van der Waals surface area contributed by atoms with Crippen molar-refractivity contribution in [2.75, 3.05) is 10.8 Å². The van der Waals surface area contributed by atoms with Crippen molar-refractivity contribution in [2.24, 2.45) is 5.92 Å². The Kier molecular flexibility index (Phi) is 5.22. The van der Waals surface area contributed by atoms with Crippen molar-refractivity contribution in [3.8, 4) is 0 Å². The number of sulfonamides is 1. The monoisotopic (exact) mass is 357 g/mol. The van der Waals surface area contributed by atoms with Crippen LogP contribution in [0.4, 0.5) is 18.9 Å². The second-order valence-electron chi connectivity index (χ2n) is 5.76. The van der Waals surface area contributed by atoms with Crippen LogP contribution in [-0.2, 0) is 16.2 Å². The second kappa shape index (κ2) is 6.84. The molecule has 0 aromatic heterocycles. The van der Waals surface area contributed by atoms with Crippen LogP contribution < -0.4 is 4.31 Å². The molecule has 2 aromatic rings. The molecule has 0 N–H and O–H groups in total. The lowest BCUT2D eigenvalue weighted by Gasteiger charge is -2.28. The van der Waals surface area contributed by atoms with Crippen molar-refractivity contribution >= 4 is 15.7 Å². The summed E-state index contributed by atoms with van der Waals surface area (Å²) in [6.45, 7) is 3.46. The summed E-state index contributed by atoms with van der Waals surface area (Å²) in [4.78, 5) is -0.0392. The Hall–Kier alpha value is -2.02. The van der Waals surface area contributed by atoms with Crippen molar-refractivity contribution in [3.05, 3.63) is 60.2 Å². The number of halogens is 3. The molecular formula is C17H18F3NO2S. The maximum absolute atomic E-state index is 13.3. The molecule has 0 saturated heterocycles. The fourth-order valence-electron chi connectivity index (χ4n) is 2.31.